The molecule has 2 aromatic heterocycles. The summed E-state index contributed by atoms with van der Waals surface area (Å²) in [5.41, 5.74) is 2.03. The second kappa shape index (κ2) is 6.24. The van der Waals surface area contributed by atoms with E-state index in [1.807, 2.05) is 54.6 Å². The third-order valence-electron chi connectivity index (χ3n) is 4.22. The zero-order chi connectivity index (χ0) is 17.2. The van der Waals surface area contributed by atoms with Gasteiger partial charge in [-0.3, -0.25) is 9.59 Å². The van der Waals surface area contributed by atoms with Crippen molar-refractivity contribution in [1.82, 2.24) is 20.1 Å². The van der Waals surface area contributed by atoms with Crippen LogP contribution in [0.3, 0.4) is 0 Å². The van der Waals surface area contributed by atoms with E-state index in [9.17, 15) is 9.59 Å². The summed E-state index contributed by atoms with van der Waals surface area (Å²) in [5, 5.41) is 10.9. The smallest absolute Gasteiger partial charge is 0.288 e. The van der Waals surface area contributed by atoms with Gasteiger partial charge >= 0.3 is 0 Å². The fraction of sp³-hybridized carbons (Fsp3) is 0.105. The minimum atomic E-state index is -0.301. The maximum Gasteiger partial charge on any atom is 0.288 e. The summed E-state index contributed by atoms with van der Waals surface area (Å²) >= 11 is 0. The Morgan fingerprint density at radius 3 is 2.64 bits per heavy atom. The summed E-state index contributed by atoms with van der Waals surface area (Å²) in [6, 6.07) is 17.3. The van der Waals surface area contributed by atoms with E-state index in [4.69, 9.17) is 0 Å². The van der Waals surface area contributed by atoms with Gasteiger partial charge in [-0.15, -0.1) is 0 Å². The summed E-state index contributed by atoms with van der Waals surface area (Å²) in [4.78, 5) is 24.7. The molecule has 0 bridgehead atoms. The molecular weight excluding hydrogens is 316 g/mol. The molecule has 0 saturated heterocycles. The third-order valence-corrected chi connectivity index (χ3v) is 4.22. The number of rotatable bonds is 4. The quantitative estimate of drug-likeness (QED) is 0.601. The molecule has 0 aliphatic rings. The topological polar surface area (TPSA) is 79.8 Å². The number of benzene rings is 2. The molecule has 0 aliphatic heterocycles. The predicted molar refractivity (Wildman–Crippen MR) is 96.1 cm³/mol. The average Bonchev–Trinajstić information content (AvgIpc) is 2.96. The predicted octanol–water partition coefficient (Wildman–Crippen LogP) is 2.19. The van der Waals surface area contributed by atoms with Gasteiger partial charge in [-0.05, 0) is 11.6 Å². The van der Waals surface area contributed by atoms with Crippen LogP contribution in [-0.2, 0) is 17.9 Å². The maximum absolute atomic E-state index is 12.4. The van der Waals surface area contributed by atoms with Gasteiger partial charge in [0.05, 0.1) is 6.20 Å². The molecule has 6 heteroatoms. The standard InChI is InChI=1S/C19H16N4O2/c24-17(20-10-13-6-2-1-3-7-13)12-23-16-9-5-4-8-14(16)15-11-21-22-19(25)18(15)23/h1-9,11H,10,12H2,(H,20,24)(H,22,25). The highest BCUT2D eigenvalue weighted by Crippen LogP contribution is 2.25. The molecule has 0 saturated carbocycles. The van der Waals surface area contributed by atoms with Gasteiger partial charge in [0, 0.05) is 22.8 Å². The maximum atomic E-state index is 12.4. The molecule has 0 radical (unpaired) electrons. The number of aromatic nitrogens is 3. The number of fused-ring (bicyclic) bond motifs is 3. The molecule has 0 unspecified atom stereocenters. The van der Waals surface area contributed by atoms with Gasteiger partial charge in [-0.2, -0.15) is 5.10 Å². The number of nitrogens with one attached hydrogen (secondary N) is 2. The van der Waals surface area contributed by atoms with Crippen LogP contribution in [0.1, 0.15) is 5.56 Å². The van der Waals surface area contributed by atoms with Crippen molar-refractivity contribution in [2.24, 2.45) is 0 Å². The summed E-state index contributed by atoms with van der Waals surface area (Å²) in [7, 11) is 0. The Morgan fingerprint density at radius 1 is 1.04 bits per heavy atom. The number of carbonyl (C=O) groups is 1. The number of hydrogen-bond acceptors (Lipinski definition) is 3. The highest BCUT2D eigenvalue weighted by Gasteiger charge is 2.15. The van der Waals surface area contributed by atoms with E-state index >= 15 is 0 Å². The van der Waals surface area contributed by atoms with Crippen LogP contribution in [0.25, 0.3) is 21.8 Å². The summed E-state index contributed by atoms with van der Waals surface area (Å²) in [5.74, 6) is -0.150. The van der Waals surface area contributed by atoms with Crippen molar-refractivity contribution < 1.29 is 4.79 Å². The van der Waals surface area contributed by atoms with Crippen molar-refractivity contribution in [3.8, 4) is 0 Å². The lowest BCUT2D eigenvalue weighted by Crippen LogP contribution is -2.28. The molecular formula is C19H16N4O2. The molecule has 0 atom stereocenters. The first-order valence-corrected chi connectivity index (χ1v) is 7.99. The van der Waals surface area contributed by atoms with Gasteiger partial charge in [-0.1, -0.05) is 48.5 Å². The van der Waals surface area contributed by atoms with E-state index < -0.39 is 0 Å². The highest BCUT2D eigenvalue weighted by atomic mass is 16.2. The summed E-state index contributed by atoms with van der Waals surface area (Å²) in [6.07, 6.45) is 1.62. The number of hydrogen-bond donors (Lipinski definition) is 2. The molecule has 124 valence electrons. The SMILES string of the molecule is O=C(Cn1c2ccccc2c2cn[nH]c(=O)c21)NCc1ccccc1. The van der Waals surface area contributed by atoms with Crippen molar-refractivity contribution >= 4 is 27.7 Å². The molecule has 2 N–H and O–H groups in total. The van der Waals surface area contributed by atoms with Gasteiger partial charge in [-0.25, -0.2) is 5.10 Å². The minimum Gasteiger partial charge on any atom is -0.350 e. The highest BCUT2D eigenvalue weighted by molar-refractivity contribution is 6.07. The van der Waals surface area contributed by atoms with E-state index in [2.05, 4.69) is 15.5 Å². The first-order chi connectivity index (χ1) is 12.2. The van der Waals surface area contributed by atoms with Gasteiger partial charge in [0.15, 0.2) is 0 Å². The van der Waals surface area contributed by atoms with Crippen LogP contribution in [0.4, 0.5) is 0 Å². The van der Waals surface area contributed by atoms with E-state index in [-0.39, 0.29) is 18.0 Å². The van der Waals surface area contributed by atoms with E-state index in [1.54, 1.807) is 10.8 Å². The fourth-order valence-corrected chi connectivity index (χ4v) is 3.07. The molecule has 25 heavy (non-hydrogen) atoms. The Kier molecular flexibility index (Phi) is 3.78. The molecule has 0 aliphatic carbocycles. The Balaban J connectivity index is 1.68. The lowest BCUT2D eigenvalue weighted by atomic mass is 10.2. The van der Waals surface area contributed by atoms with Gasteiger partial charge < -0.3 is 9.88 Å². The average molecular weight is 332 g/mol. The summed E-state index contributed by atoms with van der Waals surface area (Å²) in [6.45, 7) is 0.526. The summed E-state index contributed by atoms with van der Waals surface area (Å²) < 4.78 is 1.74. The van der Waals surface area contributed by atoms with Crippen molar-refractivity contribution in [1.29, 1.82) is 0 Å². The molecule has 0 fully saturated rings. The lowest BCUT2D eigenvalue weighted by molar-refractivity contribution is -0.121. The fourth-order valence-electron chi connectivity index (χ4n) is 3.07. The number of para-hydroxylation sites is 1. The van der Waals surface area contributed by atoms with Crippen LogP contribution in [0.5, 0.6) is 0 Å². The van der Waals surface area contributed by atoms with E-state index in [0.717, 1.165) is 21.9 Å². The second-order valence-electron chi connectivity index (χ2n) is 5.83. The van der Waals surface area contributed by atoms with Crippen LogP contribution in [-0.4, -0.2) is 20.7 Å². The third kappa shape index (κ3) is 2.78. The van der Waals surface area contributed by atoms with Gasteiger partial charge in [0.2, 0.25) is 5.91 Å². The number of aromatic amines is 1. The number of nitrogens with zero attached hydrogens (tertiary/aromatic N) is 2. The zero-order valence-corrected chi connectivity index (χ0v) is 13.4. The van der Waals surface area contributed by atoms with Crippen LogP contribution in [0.15, 0.2) is 65.6 Å². The van der Waals surface area contributed by atoms with E-state index in [0.29, 0.717) is 12.1 Å². The number of amides is 1. The monoisotopic (exact) mass is 332 g/mol. The van der Waals surface area contributed by atoms with Crippen LogP contribution >= 0.6 is 0 Å². The van der Waals surface area contributed by atoms with E-state index in [1.165, 1.54) is 0 Å². The zero-order valence-electron chi connectivity index (χ0n) is 13.4. The number of carbonyl (C=O) groups excluding carboxylic acids is 1. The molecule has 4 aromatic rings. The lowest BCUT2D eigenvalue weighted by Gasteiger charge is -2.08. The van der Waals surface area contributed by atoms with Crippen LogP contribution in [0.2, 0.25) is 0 Å². The normalized spacial score (nSPS) is 11.0. The Morgan fingerprint density at radius 2 is 1.80 bits per heavy atom. The van der Waals surface area contributed by atoms with Gasteiger partial charge in [0.25, 0.3) is 5.56 Å². The van der Waals surface area contributed by atoms with Crippen molar-refractivity contribution in [2.45, 2.75) is 13.1 Å². The molecule has 4 rings (SSSR count). The molecule has 0 spiro atoms. The number of H-pyrrole nitrogens is 1. The Labute approximate surface area is 143 Å². The Bertz CT molecular complexity index is 1110. The van der Waals surface area contributed by atoms with Crippen molar-refractivity contribution in [2.75, 3.05) is 0 Å². The van der Waals surface area contributed by atoms with Crippen LogP contribution < -0.4 is 10.9 Å². The Hall–Kier alpha value is -3.41. The first kappa shape index (κ1) is 15.1. The molecule has 2 heterocycles. The molecule has 1 amide bonds. The first-order valence-electron chi connectivity index (χ1n) is 7.99. The largest absolute Gasteiger partial charge is 0.350 e. The molecule has 6 nitrogen and oxygen atoms in total. The molecule has 2 aromatic carbocycles. The van der Waals surface area contributed by atoms with Crippen molar-refractivity contribution in [3.63, 3.8) is 0 Å². The minimum absolute atomic E-state index is 0.0734. The van der Waals surface area contributed by atoms with Crippen LogP contribution in [0, 0.1) is 0 Å². The van der Waals surface area contributed by atoms with Gasteiger partial charge in [0.1, 0.15) is 12.1 Å². The second-order valence-corrected chi connectivity index (χ2v) is 5.83. The van der Waals surface area contributed by atoms with Crippen molar-refractivity contribution in [3.05, 3.63) is 76.7 Å².